The third-order valence-corrected chi connectivity index (χ3v) is 3.99. The molecule has 1 aromatic carbocycles. The van der Waals surface area contributed by atoms with Crippen LogP contribution in [-0.4, -0.2) is 55.9 Å². The Morgan fingerprint density at radius 2 is 1.80 bits per heavy atom. The second-order valence-corrected chi connectivity index (χ2v) is 7.09. The summed E-state index contributed by atoms with van der Waals surface area (Å²) in [7, 11) is 1.36. The fraction of sp³-hybridized carbons (Fsp3) is 0.556. The number of nitrogens with two attached hydrogens (primary N) is 1. The fourth-order valence-corrected chi connectivity index (χ4v) is 2.64. The minimum Gasteiger partial charge on any atom is -0.469 e. The highest BCUT2D eigenvalue weighted by atomic mass is 16.6. The SMILES string of the molecule is COC(=O)Cc1cc(N2CCN(C(=O)OC(C)(C)C)CC2)ccc1N. The molecule has 25 heavy (non-hydrogen) atoms. The molecule has 1 heterocycles. The fourth-order valence-electron chi connectivity index (χ4n) is 2.64. The van der Waals surface area contributed by atoms with Gasteiger partial charge in [0.25, 0.3) is 0 Å². The number of carbonyl (C=O) groups excluding carboxylic acids is 2. The molecule has 0 aromatic heterocycles. The normalized spacial score (nSPS) is 15.0. The van der Waals surface area contributed by atoms with Crippen molar-refractivity contribution >= 4 is 23.4 Å². The lowest BCUT2D eigenvalue weighted by molar-refractivity contribution is -0.139. The number of nitrogen functional groups attached to an aromatic ring is 1. The number of hydrogen-bond acceptors (Lipinski definition) is 6. The molecular weight excluding hydrogens is 322 g/mol. The van der Waals surface area contributed by atoms with Gasteiger partial charge in [0.2, 0.25) is 0 Å². The van der Waals surface area contributed by atoms with Crippen molar-refractivity contribution in [3.63, 3.8) is 0 Å². The number of anilines is 2. The molecule has 0 bridgehead atoms. The number of methoxy groups -OCH3 is 1. The van der Waals surface area contributed by atoms with E-state index in [0.717, 1.165) is 11.3 Å². The minimum atomic E-state index is -0.492. The van der Waals surface area contributed by atoms with Crippen LogP contribution in [0.5, 0.6) is 0 Å². The lowest BCUT2D eigenvalue weighted by Crippen LogP contribution is -2.50. The van der Waals surface area contributed by atoms with Crippen molar-refractivity contribution in [2.24, 2.45) is 0 Å². The van der Waals surface area contributed by atoms with Gasteiger partial charge >= 0.3 is 12.1 Å². The van der Waals surface area contributed by atoms with Crippen LogP contribution in [0.25, 0.3) is 0 Å². The Hall–Kier alpha value is -2.44. The summed E-state index contributed by atoms with van der Waals surface area (Å²) < 4.78 is 10.1. The van der Waals surface area contributed by atoms with Crippen molar-refractivity contribution in [1.29, 1.82) is 0 Å². The molecule has 1 aliphatic heterocycles. The van der Waals surface area contributed by atoms with E-state index in [1.165, 1.54) is 7.11 Å². The quantitative estimate of drug-likeness (QED) is 0.664. The van der Waals surface area contributed by atoms with Crippen LogP contribution >= 0.6 is 0 Å². The molecule has 1 aromatic rings. The van der Waals surface area contributed by atoms with E-state index in [-0.39, 0.29) is 18.5 Å². The highest BCUT2D eigenvalue weighted by Gasteiger charge is 2.26. The van der Waals surface area contributed by atoms with E-state index in [1.807, 2.05) is 32.9 Å². The molecule has 138 valence electrons. The zero-order valence-corrected chi connectivity index (χ0v) is 15.4. The van der Waals surface area contributed by atoms with Gasteiger partial charge in [0, 0.05) is 37.6 Å². The van der Waals surface area contributed by atoms with Crippen molar-refractivity contribution in [2.75, 3.05) is 43.9 Å². The average molecular weight is 349 g/mol. The minimum absolute atomic E-state index is 0.147. The molecule has 1 fully saturated rings. The maximum atomic E-state index is 12.1. The lowest BCUT2D eigenvalue weighted by Gasteiger charge is -2.37. The molecule has 1 saturated heterocycles. The van der Waals surface area contributed by atoms with Gasteiger partial charge in [-0.3, -0.25) is 4.79 Å². The maximum absolute atomic E-state index is 12.1. The maximum Gasteiger partial charge on any atom is 0.410 e. The van der Waals surface area contributed by atoms with Gasteiger partial charge in [-0.15, -0.1) is 0 Å². The van der Waals surface area contributed by atoms with Crippen molar-refractivity contribution in [3.8, 4) is 0 Å². The van der Waals surface area contributed by atoms with Gasteiger partial charge in [0.1, 0.15) is 5.60 Å². The van der Waals surface area contributed by atoms with Crippen LogP contribution in [0.3, 0.4) is 0 Å². The number of ether oxygens (including phenoxy) is 2. The second-order valence-electron chi connectivity index (χ2n) is 7.09. The second kappa shape index (κ2) is 7.63. The summed E-state index contributed by atoms with van der Waals surface area (Å²) in [6, 6.07) is 5.64. The van der Waals surface area contributed by atoms with E-state index in [4.69, 9.17) is 15.2 Å². The van der Waals surface area contributed by atoms with Crippen LogP contribution < -0.4 is 10.6 Å². The first-order chi connectivity index (χ1) is 11.7. The van der Waals surface area contributed by atoms with Gasteiger partial charge in [0.05, 0.1) is 13.5 Å². The van der Waals surface area contributed by atoms with E-state index in [1.54, 1.807) is 11.0 Å². The third kappa shape index (κ3) is 5.27. The molecule has 0 atom stereocenters. The molecule has 0 unspecified atom stereocenters. The topological polar surface area (TPSA) is 85.1 Å². The largest absolute Gasteiger partial charge is 0.469 e. The van der Waals surface area contributed by atoms with E-state index >= 15 is 0 Å². The molecule has 7 heteroatoms. The molecule has 2 N–H and O–H groups in total. The van der Waals surface area contributed by atoms with Gasteiger partial charge in [-0.05, 0) is 44.5 Å². The summed E-state index contributed by atoms with van der Waals surface area (Å²) >= 11 is 0. The Morgan fingerprint density at radius 1 is 1.16 bits per heavy atom. The molecule has 7 nitrogen and oxygen atoms in total. The van der Waals surface area contributed by atoms with Crippen LogP contribution in [0.15, 0.2) is 18.2 Å². The third-order valence-electron chi connectivity index (χ3n) is 3.99. The standard InChI is InChI=1S/C18H27N3O4/c1-18(2,3)25-17(23)21-9-7-20(8-10-21)14-5-6-15(19)13(11-14)12-16(22)24-4/h5-6,11H,7-10,12,19H2,1-4H3. The number of rotatable bonds is 3. The predicted octanol–water partition coefficient (Wildman–Crippen LogP) is 2.04. The number of esters is 1. The van der Waals surface area contributed by atoms with Gasteiger partial charge < -0.3 is 25.0 Å². The van der Waals surface area contributed by atoms with E-state index in [9.17, 15) is 9.59 Å². The Labute approximate surface area is 148 Å². The summed E-state index contributed by atoms with van der Waals surface area (Å²) in [4.78, 5) is 27.5. The van der Waals surface area contributed by atoms with Gasteiger partial charge in [-0.2, -0.15) is 0 Å². The van der Waals surface area contributed by atoms with Crippen molar-refractivity contribution < 1.29 is 19.1 Å². The molecule has 0 aliphatic carbocycles. The van der Waals surface area contributed by atoms with Crippen molar-refractivity contribution in [3.05, 3.63) is 23.8 Å². The molecular formula is C18H27N3O4. The molecule has 0 spiro atoms. The van der Waals surface area contributed by atoms with Gasteiger partial charge in [0.15, 0.2) is 0 Å². The average Bonchev–Trinajstić information content (AvgIpc) is 2.55. The summed E-state index contributed by atoms with van der Waals surface area (Å²) in [5.41, 5.74) is 7.76. The van der Waals surface area contributed by atoms with Crippen LogP contribution in [0.1, 0.15) is 26.3 Å². The molecule has 1 aliphatic rings. The number of hydrogen-bond donors (Lipinski definition) is 1. The van der Waals surface area contributed by atoms with E-state index < -0.39 is 5.60 Å². The van der Waals surface area contributed by atoms with Crippen LogP contribution in [-0.2, 0) is 20.7 Å². The zero-order valence-electron chi connectivity index (χ0n) is 15.4. The zero-order chi connectivity index (χ0) is 18.6. The van der Waals surface area contributed by atoms with Crippen molar-refractivity contribution in [2.45, 2.75) is 32.8 Å². The van der Waals surface area contributed by atoms with E-state index in [0.29, 0.717) is 31.9 Å². The number of nitrogens with zero attached hydrogens (tertiary/aromatic N) is 2. The van der Waals surface area contributed by atoms with Crippen molar-refractivity contribution in [1.82, 2.24) is 4.90 Å². The monoisotopic (exact) mass is 349 g/mol. The Morgan fingerprint density at radius 3 is 2.36 bits per heavy atom. The molecule has 1 amide bonds. The highest BCUT2D eigenvalue weighted by molar-refractivity contribution is 5.76. The number of carbonyl (C=O) groups is 2. The highest BCUT2D eigenvalue weighted by Crippen LogP contribution is 2.23. The number of benzene rings is 1. The summed E-state index contributed by atoms with van der Waals surface area (Å²) in [6.45, 7) is 8.15. The summed E-state index contributed by atoms with van der Waals surface area (Å²) in [5.74, 6) is -0.321. The lowest BCUT2D eigenvalue weighted by atomic mass is 10.1. The number of piperazine rings is 1. The Balaban J connectivity index is 1.99. The van der Waals surface area contributed by atoms with Gasteiger partial charge in [-0.25, -0.2) is 4.79 Å². The van der Waals surface area contributed by atoms with Crippen LogP contribution in [0.2, 0.25) is 0 Å². The smallest absolute Gasteiger partial charge is 0.410 e. The summed E-state index contributed by atoms with van der Waals surface area (Å²) in [6.07, 6.45) is -0.135. The molecule has 0 saturated carbocycles. The Kier molecular flexibility index (Phi) is 5.77. The van der Waals surface area contributed by atoms with Crippen LogP contribution in [0.4, 0.5) is 16.2 Å². The van der Waals surface area contributed by atoms with Crippen LogP contribution in [0, 0.1) is 0 Å². The molecule has 0 radical (unpaired) electrons. The van der Waals surface area contributed by atoms with Gasteiger partial charge in [-0.1, -0.05) is 0 Å². The Bertz CT molecular complexity index is 632. The van der Waals surface area contributed by atoms with E-state index in [2.05, 4.69) is 4.90 Å². The first-order valence-corrected chi connectivity index (χ1v) is 8.37. The summed E-state index contributed by atoms with van der Waals surface area (Å²) in [5, 5.41) is 0. The first kappa shape index (κ1) is 18.9. The first-order valence-electron chi connectivity index (χ1n) is 8.37. The predicted molar refractivity (Wildman–Crippen MR) is 96.6 cm³/mol. The number of amides is 1. The molecule has 2 rings (SSSR count).